The Balaban J connectivity index is 2.66. The molecule has 0 unspecified atom stereocenters. The maximum absolute atomic E-state index is 5.20. The first-order valence-corrected chi connectivity index (χ1v) is 8.26. The number of aromatic nitrogens is 1. The van der Waals surface area contributed by atoms with Gasteiger partial charge in [-0.15, -0.1) is 11.3 Å². The Hall–Kier alpha value is -0.300. The highest BCUT2D eigenvalue weighted by molar-refractivity contribution is 7.98. The van der Waals surface area contributed by atoms with E-state index in [0.717, 1.165) is 23.9 Å². The Kier molecular flexibility index (Phi) is 7.65. The molecule has 0 amide bonds. The van der Waals surface area contributed by atoms with Crippen LogP contribution in [0.15, 0.2) is 0 Å². The van der Waals surface area contributed by atoms with Gasteiger partial charge in [-0.05, 0) is 25.5 Å². The molecule has 104 valence electrons. The minimum absolute atomic E-state index is 0.589. The van der Waals surface area contributed by atoms with E-state index in [-0.39, 0.29) is 0 Å². The third-order valence-electron chi connectivity index (χ3n) is 2.55. The predicted octanol–water partition coefficient (Wildman–Crippen LogP) is 2.20. The van der Waals surface area contributed by atoms with E-state index >= 15 is 0 Å². The molecule has 0 aliphatic heterocycles. The Morgan fingerprint density at radius 2 is 2.28 bits per heavy atom. The fraction of sp³-hybridized carbons (Fsp3) is 0.750. The van der Waals surface area contributed by atoms with Gasteiger partial charge in [-0.2, -0.15) is 11.8 Å². The number of thioether (sulfide) groups is 1. The van der Waals surface area contributed by atoms with Crippen molar-refractivity contribution < 1.29 is 4.74 Å². The monoisotopic (exact) mass is 289 g/mol. The van der Waals surface area contributed by atoms with E-state index < -0.39 is 0 Å². The summed E-state index contributed by atoms with van der Waals surface area (Å²) in [4.78, 5) is 8.17. The maximum Gasteiger partial charge on any atom is 0.185 e. The first-order chi connectivity index (χ1) is 8.72. The van der Waals surface area contributed by atoms with Crippen molar-refractivity contribution in [3.8, 4) is 0 Å². The first-order valence-electron chi connectivity index (χ1n) is 6.05. The van der Waals surface area contributed by atoms with Crippen molar-refractivity contribution in [2.75, 3.05) is 44.7 Å². The van der Waals surface area contributed by atoms with Gasteiger partial charge in [0.05, 0.1) is 12.3 Å². The van der Waals surface area contributed by atoms with E-state index in [1.807, 2.05) is 18.8 Å². The number of rotatable bonds is 9. The van der Waals surface area contributed by atoms with Crippen LogP contribution in [0.1, 0.15) is 17.0 Å². The molecule has 1 aromatic rings. The molecule has 1 heterocycles. The number of hydrogen-bond donors (Lipinski definition) is 1. The second-order valence-electron chi connectivity index (χ2n) is 4.10. The van der Waals surface area contributed by atoms with Crippen LogP contribution in [-0.4, -0.2) is 44.7 Å². The zero-order chi connectivity index (χ0) is 13.4. The van der Waals surface area contributed by atoms with Crippen molar-refractivity contribution in [1.29, 1.82) is 0 Å². The van der Waals surface area contributed by atoms with Gasteiger partial charge < -0.3 is 15.0 Å². The average Bonchev–Trinajstić information content (AvgIpc) is 2.74. The van der Waals surface area contributed by atoms with Crippen molar-refractivity contribution in [1.82, 2.24) is 10.3 Å². The predicted molar refractivity (Wildman–Crippen MR) is 81.9 cm³/mol. The molecule has 1 rings (SSSR count). The summed E-state index contributed by atoms with van der Waals surface area (Å²) < 4.78 is 5.20. The fourth-order valence-electron chi connectivity index (χ4n) is 1.62. The van der Waals surface area contributed by atoms with Crippen LogP contribution in [0.5, 0.6) is 0 Å². The zero-order valence-electron chi connectivity index (χ0n) is 11.7. The van der Waals surface area contributed by atoms with E-state index in [9.17, 15) is 0 Å². The summed E-state index contributed by atoms with van der Waals surface area (Å²) in [6.07, 6.45) is 3.34. The number of hydrogen-bond acceptors (Lipinski definition) is 6. The molecular weight excluding hydrogens is 266 g/mol. The quantitative estimate of drug-likeness (QED) is 0.705. The summed E-state index contributed by atoms with van der Waals surface area (Å²) in [7, 11) is 5.78. The third kappa shape index (κ3) is 4.76. The fourth-order valence-corrected chi connectivity index (χ4v) is 3.10. The van der Waals surface area contributed by atoms with Gasteiger partial charge in [0, 0.05) is 32.1 Å². The third-order valence-corrected chi connectivity index (χ3v) is 4.46. The van der Waals surface area contributed by atoms with E-state index in [1.54, 1.807) is 18.4 Å². The van der Waals surface area contributed by atoms with Crippen molar-refractivity contribution in [3.63, 3.8) is 0 Å². The first kappa shape index (κ1) is 15.8. The lowest BCUT2D eigenvalue weighted by molar-refractivity contribution is 0.181. The Morgan fingerprint density at radius 3 is 2.89 bits per heavy atom. The largest absolute Gasteiger partial charge is 0.378 e. The standard InChI is InChI=1S/C12H23N3OS2/c1-13-8-11-10(9-16-3)14-12(18-11)15(2)6-5-7-17-4/h13H,5-9H2,1-4H3. The molecule has 1 N–H and O–H groups in total. The topological polar surface area (TPSA) is 37.4 Å². The number of nitrogens with one attached hydrogen (secondary N) is 1. The van der Waals surface area contributed by atoms with Gasteiger partial charge in [0.2, 0.25) is 0 Å². The highest BCUT2D eigenvalue weighted by atomic mass is 32.2. The second-order valence-corrected chi connectivity index (χ2v) is 6.15. The van der Waals surface area contributed by atoms with Crippen molar-refractivity contribution in [2.24, 2.45) is 0 Å². The molecule has 0 aliphatic carbocycles. The Bertz CT molecular complexity index is 321. The van der Waals surface area contributed by atoms with Crippen LogP contribution >= 0.6 is 23.1 Å². The molecule has 4 nitrogen and oxygen atoms in total. The minimum atomic E-state index is 0.589. The van der Waals surface area contributed by atoms with E-state index in [2.05, 4.69) is 28.5 Å². The molecular formula is C12H23N3OS2. The van der Waals surface area contributed by atoms with Crippen LogP contribution in [0, 0.1) is 0 Å². The van der Waals surface area contributed by atoms with Gasteiger partial charge in [-0.3, -0.25) is 0 Å². The van der Waals surface area contributed by atoms with Crippen molar-refractivity contribution in [3.05, 3.63) is 10.6 Å². The zero-order valence-corrected chi connectivity index (χ0v) is 13.3. The van der Waals surface area contributed by atoms with Gasteiger partial charge in [0.1, 0.15) is 0 Å². The van der Waals surface area contributed by atoms with E-state index in [1.165, 1.54) is 17.1 Å². The SMILES string of the molecule is CNCc1sc(N(C)CCCSC)nc1COC. The van der Waals surface area contributed by atoms with Crippen LogP contribution in [0.2, 0.25) is 0 Å². The lowest BCUT2D eigenvalue weighted by Gasteiger charge is -2.14. The number of anilines is 1. The minimum Gasteiger partial charge on any atom is -0.378 e. The van der Waals surface area contributed by atoms with Crippen molar-refractivity contribution >= 4 is 28.2 Å². The highest BCUT2D eigenvalue weighted by Crippen LogP contribution is 2.26. The van der Waals surface area contributed by atoms with Crippen LogP contribution in [0.25, 0.3) is 0 Å². The van der Waals surface area contributed by atoms with Crippen LogP contribution in [0.3, 0.4) is 0 Å². The molecule has 0 saturated heterocycles. The summed E-state index contributed by atoms with van der Waals surface area (Å²) in [5.74, 6) is 1.20. The summed E-state index contributed by atoms with van der Waals surface area (Å²) >= 11 is 3.65. The lowest BCUT2D eigenvalue weighted by Crippen LogP contribution is -2.18. The number of methoxy groups -OCH3 is 1. The molecule has 6 heteroatoms. The molecule has 0 aromatic carbocycles. The molecule has 18 heavy (non-hydrogen) atoms. The molecule has 0 radical (unpaired) electrons. The summed E-state index contributed by atoms with van der Waals surface area (Å²) in [5, 5.41) is 4.27. The van der Waals surface area contributed by atoms with Crippen LogP contribution in [0.4, 0.5) is 5.13 Å². The Morgan fingerprint density at radius 1 is 1.50 bits per heavy atom. The lowest BCUT2D eigenvalue weighted by atomic mass is 10.4. The van der Waals surface area contributed by atoms with Gasteiger partial charge in [0.15, 0.2) is 5.13 Å². The second kappa shape index (κ2) is 8.74. The molecule has 0 saturated carbocycles. The summed E-state index contributed by atoms with van der Waals surface area (Å²) in [6, 6.07) is 0. The number of ether oxygens (including phenoxy) is 1. The molecule has 1 aromatic heterocycles. The number of nitrogens with zero attached hydrogens (tertiary/aromatic N) is 2. The molecule has 0 bridgehead atoms. The Labute approximate surface area is 118 Å². The molecule has 0 aliphatic rings. The van der Waals surface area contributed by atoms with Crippen LogP contribution < -0.4 is 10.2 Å². The molecule has 0 atom stereocenters. The van der Waals surface area contributed by atoms with Gasteiger partial charge in [-0.25, -0.2) is 4.98 Å². The normalized spacial score (nSPS) is 10.9. The molecule has 0 spiro atoms. The average molecular weight is 289 g/mol. The highest BCUT2D eigenvalue weighted by Gasteiger charge is 2.13. The van der Waals surface area contributed by atoms with Gasteiger partial charge in [-0.1, -0.05) is 0 Å². The van der Waals surface area contributed by atoms with E-state index in [4.69, 9.17) is 4.74 Å². The maximum atomic E-state index is 5.20. The summed E-state index contributed by atoms with van der Waals surface area (Å²) in [6.45, 7) is 2.50. The van der Waals surface area contributed by atoms with Gasteiger partial charge in [0.25, 0.3) is 0 Å². The van der Waals surface area contributed by atoms with Crippen LogP contribution in [-0.2, 0) is 17.9 Å². The van der Waals surface area contributed by atoms with Gasteiger partial charge >= 0.3 is 0 Å². The van der Waals surface area contributed by atoms with E-state index in [0.29, 0.717) is 6.61 Å². The van der Waals surface area contributed by atoms with Crippen molar-refractivity contribution in [2.45, 2.75) is 19.6 Å². The number of thiazole rings is 1. The summed E-state index contributed by atoms with van der Waals surface area (Å²) in [5.41, 5.74) is 1.06. The smallest absolute Gasteiger partial charge is 0.185 e. The molecule has 0 fully saturated rings.